The Morgan fingerprint density at radius 2 is 2.00 bits per heavy atom. The summed E-state index contributed by atoms with van der Waals surface area (Å²) in [6.07, 6.45) is 3.15. The molecule has 2 heterocycles. The Balaban J connectivity index is 1.51. The molecule has 4 rings (SSSR count). The molecule has 7 nitrogen and oxygen atoms in total. The van der Waals surface area contributed by atoms with Gasteiger partial charge in [0.15, 0.2) is 0 Å². The van der Waals surface area contributed by atoms with E-state index in [0.717, 1.165) is 33.8 Å². The van der Waals surface area contributed by atoms with Crippen molar-refractivity contribution in [3.63, 3.8) is 0 Å². The third-order valence-corrected chi connectivity index (χ3v) is 4.05. The van der Waals surface area contributed by atoms with Crippen LogP contribution in [-0.4, -0.2) is 27.5 Å². The largest absolute Gasteiger partial charge is 0.497 e. The highest BCUT2D eigenvalue weighted by molar-refractivity contribution is 5.65. The van der Waals surface area contributed by atoms with E-state index < -0.39 is 0 Å². The van der Waals surface area contributed by atoms with Gasteiger partial charge in [-0.25, -0.2) is 0 Å². The van der Waals surface area contributed by atoms with Gasteiger partial charge in [0, 0.05) is 28.9 Å². The van der Waals surface area contributed by atoms with E-state index in [2.05, 4.69) is 25.7 Å². The van der Waals surface area contributed by atoms with Crippen molar-refractivity contribution >= 4 is 5.69 Å². The highest BCUT2D eigenvalue weighted by Gasteiger charge is 2.09. The quantitative estimate of drug-likeness (QED) is 0.552. The van der Waals surface area contributed by atoms with Gasteiger partial charge in [-0.2, -0.15) is 5.10 Å². The zero-order valence-electron chi connectivity index (χ0n) is 14.1. The number of hydrogen-bond donors (Lipinski definition) is 2. The molecule has 0 aliphatic rings. The smallest absolute Gasteiger partial charge is 0.247 e. The van der Waals surface area contributed by atoms with Crippen LogP contribution in [0.1, 0.15) is 5.56 Å². The molecule has 4 aromatic rings. The van der Waals surface area contributed by atoms with Crippen molar-refractivity contribution in [1.82, 2.24) is 20.4 Å². The van der Waals surface area contributed by atoms with Crippen molar-refractivity contribution in [1.29, 1.82) is 0 Å². The molecular formula is C19H17N5O2. The van der Waals surface area contributed by atoms with Gasteiger partial charge in [-0.1, -0.05) is 6.07 Å². The molecular weight excluding hydrogens is 330 g/mol. The van der Waals surface area contributed by atoms with Gasteiger partial charge < -0.3 is 14.5 Å². The minimum absolute atomic E-state index is 0.496. The third kappa shape index (κ3) is 3.27. The minimum atomic E-state index is 0.496. The van der Waals surface area contributed by atoms with Crippen molar-refractivity contribution in [2.24, 2.45) is 0 Å². The van der Waals surface area contributed by atoms with E-state index in [1.165, 1.54) is 6.39 Å². The Labute approximate surface area is 150 Å². The summed E-state index contributed by atoms with van der Waals surface area (Å²) in [5.41, 5.74) is 4.93. The molecule has 0 bridgehead atoms. The van der Waals surface area contributed by atoms with Gasteiger partial charge in [-0.05, 0) is 42.5 Å². The van der Waals surface area contributed by atoms with E-state index >= 15 is 0 Å². The number of nitrogens with zero attached hydrogens (tertiary/aromatic N) is 3. The molecule has 0 aliphatic carbocycles. The molecule has 0 unspecified atom stereocenters. The molecule has 0 fully saturated rings. The summed E-state index contributed by atoms with van der Waals surface area (Å²) in [4.78, 5) is 0. The molecule has 0 aliphatic heterocycles. The van der Waals surface area contributed by atoms with Gasteiger partial charge in [0.05, 0.1) is 19.0 Å². The zero-order chi connectivity index (χ0) is 17.8. The first-order valence-electron chi connectivity index (χ1n) is 8.10. The average Bonchev–Trinajstić information content (AvgIpc) is 3.39. The predicted molar refractivity (Wildman–Crippen MR) is 97.6 cm³/mol. The van der Waals surface area contributed by atoms with E-state index in [1.807, 2.05) is 54.7 Å². The van der Waals surface area contributed by atoms with Crippen LogP contribution in [0.15, 0.2) is 65.5 Å². The number of hydrogen-bond acceptors (Lipinski definition) is 6. The van der Waals surface area contributed by atoms with Gasteiger partial charge in [0.1, 0.15) is 5.75 Å². The lowest BCUT2D eigenvalue weighted by molar-refractivity contribution is 0.415. The number of aromatic amines is 1. The number of methoxy groups -OCH3 is 1. The highest BCUT2D eigenvalue weighted by atomic mass is 16.5. The Morgan fingerprint density at radius 1 is 1.12 bits per heavy atom. The Kier molecular flexibility index (Phi) is 4.34. The fourth-order valence-corrected chi connectivity index (χ4v) is 2.71. The number of aromatic nitrogens is 4. The van der Waals surface area contributed by atoms with E-state index in [4.69, 9.17) is 9.15 Å². The van der Waals surface area contributed by atoms with Crippen molar-refractivity contribution in [3.05, 3.63) is 66.7 Å². The van der Waals surface area contributed by atoms with Crippen LogP contribution in [-0.2, 0) is 6.54 Å². The first kappa shape index (κ1) is 15.9. The van der Waals surface area contributed by atoms with Crippen LogP contribution in [0.3, 0.4) is 0 Å². The van der Waals surface area contributed by atoms with Crippen LogP contribution < -0.4 is 10.1 Å². The van der Waals surface area contributed by atoms with Gasteiger partial charge in [-0.15, -0.1) is 10.2 Å². The molecule has 0 amide bonds. The number of benzene rings is 2. The highest BCUT2D eigenvalue weighted by Crippen LogP contribution is 2.25. The van der Waals surface area contributed by atoms with Crippen LogP contribution in [0.25, 0.3) is 22.7 Å². The summed E-state index contributed by atoms with van der Waals surface area (Å²) in [5.74, 6) is 1.32. The standard InChI is InChI=1S/C19H17N5O2/c1-25-17-7-5-13(6-8-17)18-15(11-21-23-18)10-20-16-4-2-3-14(9-16)19-24-22-12-26-19/h2-9,11-12,20H,10H2,1H3,(H,21,23). The van der Waals surface area contributed by atoms with Crippen molar-refractivity contribution in [2.45, 2.75) is 6.54 Å². The summed E-state index contributed by atoms with van der Waals surface area (Å²) in [6, 6.07) is 15.7. The number of ether oxygens (including phenoxy) is 1. The second kappa shape index (κ2) is 7.10. The normalized spacial score (nSPS) is 10.7. The van der Waals surface area contributed by atoms with E-state index in [-0.39, 0.29) is 0 Å². The van der Waals surface area contributed by atoms with Gasteiger partial charge in [0.2, 0.25) is 12.3 Å². The van der Waals surface area contributed by atoms with Crippen LogP contribution in [0.5, 0.6) is 5.75 Å². The van der Waals surface area contributed by atoms with Crippen LogP contribution in [0, 0.1) is 0 Å². The molecule has 130 valence electrons. The third-order valence-electron chi connectivity index (χ3n) is 4.05. The molecule has 2 aromatic heterocycles. The summed E-state index contributed by atoms with van der Waals surface area (Å²) in [7, 11) is 1.66. The van der Waals surface area contributed by atoms with Crippen LogP contribution >= 0.6 is 0 Å². The second-order valence-electron chi connectivity index (χ2n) is 5.68. The van der Waals surface area contributed by atoms with E-state index in [9.17, 15) is 0 Å². The number of rotatable bonds is 6. The SMILES string of the molecule is COc1ccc(-c2[nH]ncc2CNc2cccc(-c3nnco3)c2)cc1. The lowest BCUT2D eigenvalue weighted by Crippen LogP contribution is -2.00. The van der Waals surface area contributed by atoms with Crippen LogP contribution in [0.4, 0.5) is 5.69 Å². The van der Waals surface area contributed by atoms with Gasteiger partial charge in [0.25, 0.3) is 0 Å². The lowest BCUT2D eigenvalue weighted by Gasteiger charge is -2.08. The molecule has 7 heteroatoms. The first-order chi connectivity index (χ1) is 12.8. The molecule has 2 aromatic carbocycles. The zero-order valence-corrected chi connectivity index (χ0v) is 14.1. The Bertz CT molecular complexity index is 977. The monoisotopic (exact) mass is 347 g/mol. The maximum absolute atomic E-state index is 5.25. The number of anilines is 1. The fraction of sp³-hybridized carbons (Fsp3) is 0.105. The van der Waals surface area contributed by atoms with Crippen molar-refractivity contribution in [2.75, 3.05) is 12.4 Å². The number of nitrogens with one attached hydrogen (secondary N) is 2. The molecule has 0 atom stereocenters. The predicted octanol–water partition coefficient (Wildman–Crippen LogP) is 3.75. The van der Waals surface area contributed by atoms with E-state index in [1.54, 1.807) is 7.11 Å². The maximum Gasteiger partial charge on any atom is 0.247 e. The molecule has 0 saturated heterocycles. The van der Waals surface area contributed by atoms with Crippen molar-refractivity contribution in [3.8, 4) is 28.5 Å². The summed E-state index contributed by atoms with van der Waals surface area (Å²) in [5, 5.41) is 18.3. The fourth-order valence-electron chi connectivity index (χ4n) is 2.71. The van der Waals surface area contributed by atoms with Gasteiger partial charge in [-0.3, -0.25) is 5.10 Å². The van der Waals surface area contributed by atoms with E-state index in [0.29, 0.717) is 12.4 Å². The lowest BCUT2D eigenvalue weighted by atomic mass is 10.1. The minimum Gasteiger partial charge on any atom is -0.497 e. The van der Waals surface area contributed by atoms with Crippen molar-refractivity contribution < 1.29 is 9.15 Å². The maximum atomic E-state index is 5.25. The Morgan fingerprint density at radius 3 is 2.77 bits per heavy atom. The molecule has 26 heavy (non-hydrogen) atoms. The average molecular weight is 347 g/mol. The molecule has 0 saturated carbocycles. The molecule has 0 spiro atoms. The van der Waals surface area contributed by atoms with Crippen LogP contribution in [0.2, 0.25) is 0 Å². The number of H-pyrrole nitrogens is 1. The topological polar surface area (TPSA) is 88.9 Å². The summed E-state index contributed by atoms with van der Waals surface area (Å²) in [6.45, 7) is 0.630. The second-order valence-corrected chi connectivity index (χ2v) is 5.68. The summed E-state index contributed by atoms with van der Waals surface area (Å²) < 4.78 is 10.5. The molecule has 2 N–H and O–H groups in total. The molecule has 0 radical (unpaired) electrons. The van der Waals surface area contributed by atoms with Gasteiger partial charge >= 0.3 is 0 Å². The summed E-state index contributed by atoms with van der Waals surface area (Å²) >= 11 is 0. The Hall–Kier alpha value is -3.61. The first-order valence-corrected chi connectivity index (χ1v) is 8.10.